The number of aliphatic carboxylic acids is 1. The molecule has 214 valence electrons. The van der Waals surface area contributed by atoms with Crippen molar-refractivity contribution in [2.75, 3.05) is 32.8 Å². The number of carbonyl (C=O) groups is 2. The van der Waals surface area contributed by atoms with E-state index in [1.807, 2.05) is 30.3 Å². The van der Waals surface area contributed by atoms with E-state index in [0.29, 0.717) is 6.42 Å². The highest BCUT2D eigenvalue weighted by Crippen LogP contribution is 2.62. The Morgan fingerprint density at radius 3 is 2.20 bits per heavy atom. The number of morpholine rings is 1. The maximum Gasteiger partial charge on any atom is 0.328 e. The first-order chi connectivity index (χ1) is 19.0. The van der Waals surface area contributed by atoms with Gasteiger partial charge in [-0.2, -0.15) is 0 Å². The minimum absolute atomic E-state index is 0. The van der Waals surface area contributed by atoms with Crippen LogP contribution in [0.4, 0.5) is 0 Å². The van der Waals surface area contributed by atoms with Crippen LogP contribution in [0.2, 0.25) is 0 Å². The number of halogens is 1. The maximum atomic E-state index is 13.0. The fraction of sp³-hybridized carbons (Fsp3) is 0.515. The zero-order valence-electron chi connectivity index (χ0n) is 23.1. The molecule has 6 nitrogen and oxygen atoms in total. The van der Waals surface area contributed by atoms with Gasteiger partial charge in [0.25, 0.3) is 0 Å². The van der Waals surface area contributed by atoms with Crippen LogP contribution < -0.4 is 4.74 Å². The number of ether oxygens (including phenoxy) is 2. The lowest BCUT2D eigenvalue weighted by molar-refractivity contribution is -0.135. The SMILES string of the molecule is Cl.O=C(O)/C=C/c1ccc(-c2ccc(OC(=O)CCCN3CCOCC3)c(C34CC5CC(CC(C5)C3)C4)c2)cc1. The Morgan fingerprint density at radius 2 is 1.57 bits per heavy atom. The molecule has 0 atom stereocenters. The number of rotatable bonds is 9. The van der Waals surface area contributed by atoms with Crippen LogP contribution in [0.5, 0.6) is 5.75 Å². The molecular formula is C33H40ClNO5. The number of nitrogens with zero attached hydrogens (tertiary/aromatic N) is 1. The molecule has 0 spiro atoms. The van der Waals surface area contributed by atoms with Gasteiger partial charge in [0.2, 0.25) is 0 Å². The quantitative estimate of drug-likeness (QED) is 0.217. The summed E-state index contributed by atoms with van der Waals surface area (Å²) in [6.45, 7) is 4.31. The highest BCUT2D eigenvalue weighted by molar-refractivity contribution is 5.85. The van der Waals surface area contributed by atoms with Crippen molar-refractivity contribution >= 4 is 30.4 Å². The van der Waals surface area contributed by atoms with Crippen LogP contribution in [-0.4, -0.2) is 54.8 Å². The van der Waals surface area contributed by atoms with Crippen molar-refractivity contribution in [3.05, 3.63) is 59.7 Å². The number of hydrogen-bond donors (Lipinski definition) is 1. The van der Waals surface area contributed by atoms with Gasteiger partial charge in [-0.3, -0.25) is 9.69 Å². The summed E-state index contributed by atoms with van der Waals surface area (Å²) in [7, 11) is 0. The minimum Gasteiger partial charge on any atom is -0.478 e. The second kappa shape index (κ2) is 12.5. The Hall–Kier alpha value is -2.67. The molecule has 5 fully saturated rings. The van der Waals surface area contributed by atoms with Gasteiger partial charge in [-0.05, 0) is 110 Å². The molecule has 7 heteroatoms. The molecule has 1 saturated heterocycles. The van der Waals surface area contributed by atoms with Crippen molar-refractivity contribution in [1.29, 1.82) is 0 Å². The molecule has 0 unspecified atom stereocenters. The molecule has 5 aliphatic rings. The van der Waals surface area contributed by atoms with Gasteiger partial charge in [0.05, 0.1) is 13.2 Å². The van der Waals surface area contributed by atoms with Crippen LogP contribution in [0.25, 0.3) is 17.2 Å². The van der Waals surface area contributed by atoms with Gasteiger partial charge in [-0.25, -0.2) is 4.79 Å². The van der Waals surface area contributed by atoms with Crippen molar-refractivity contribution in [2.24, 2.45) is 17.8 Å². The lowest BCUT2D eigenvalue weighted by Crippen LogP contribution is -2.48. The Morgan fingerprint density at radius 1 is 0.950 bits per heavy atom. The van der Waals surface area contributed by atoms with Crippen LogP contribution >= 0.6 is 12.4 Å². The fourth-order valence-corrected chi connectivity index (χ4v) is 8.05. The molecule has 40 heavy (non-hydrogen) atoms. The molecule has 0 aromatic heterocycles. The Balaban J connectivity index is 0.00000323. The van der Waals surface area contributed by atoms with Crippen LogP contribution in [0.15, 0.2) is 48.5 Å². The summed E-state index contributed by atoms with van der Waals surface area (Å²) in [5.74, 6) is 2.02. The number of benzene rings is 2. The third kappa shape index (κ3) is 6.45. The Labute approximate surface area is 243 Å². The van der Waals surface area contributed by atoms with Crippen LogP contribution in [-0.2, 0) is 19.7 Å². The van der Waals surface area contributed by atoms with Crippen LogP contribution in [0.3, 0.4) is 0 Å². The second-order valence-corrected chi connectivity index (χ2v) is 12.2. The number of carbonyl (C=O) groups excluding carboxylic acids is 1. The lowest BCUT2D eigenvalue weighted by Gasteiger charge is -2.57. The van der Waals surface area contributed by atoms with E-state index in [1.54, 1.807) is 6.08 Å². The van der Waals surface area contributed by atoms with Crippen molar-refractivity contribution in [3.8, 4) is 16.9 Å². The molecule has 0 amide bonds. The number of carboxylic acids is 1. The van der Waals surface area contributed by atoms with Crippen LogP contribution in [0, 0.1) is 17.8 Å². The second-order valence-electron chi connectivity index (χ2n) is 12.2. The van der Waals surface area contributed by atoms with E-state index in [4.69, 9.17) is 14.6 Å². The van der Waals surface area contributed by atoms with Crippen molar-refractivity contribution < 1.29 is 24.2 Å². The molecule has 4 saturated carbocycles. The summed E-state index contributed by atoms with van der Waals surface area (Å²) in [5, 5.41) is 8.92. The highest BCUT2D eigenvalue weighted by Gasteiger charge is 2.52. The Kier molecular flexibility index (Phi) is 8.98. The third-order valence-electron chi connectivity index (χ3n) is 9.43. The molecule has 2 aromatic carbocycles. The first kappa shape index (κ1) is 28.8. The largest absolute Gasteiger partial charge is 0.478 e. The molecule has 4 bridgehead atoms. The summed E-state index contributed by atoms with van der Waals surface area (Å²) in [4.78, 5) is 26.2. The first-order valence-corrected chi connectivity index (χ1v) is 14.6. The van der Waals surface area contributed by atoms with Gasteiger partial charge in [-0.1, -0.05) is 30.3 Å². The molecule has 0 radical (unpaired) electrons. The first-order valence-electron chi connectivity index (χ1n) is 14.6. The average molecular weight is 566 g/mol. The van der Waals surface area contributed by atoms with Crippen LogP contribution in [0.1, 0.15) is 62.5 Å². The van der Waals surface area contributed by atoms with Crippen molar-refractivity contribution in [3.63, 3.8) is 0 Å². The van der Waals surface area contributed by atoms with Gasteiger partial charge in [-0.15, -0.1) is 12.4 Å². The number of esters is 1. The van der Waals surface area contributed by atoms with E-state index in [2.05, 4.69) is 17.0 Å². The normalized spacial score (nSPS) is 27.4. The molecule has 4 aliphatic carbocycles. The monoisotopic (exact) mass is 565 g/mol. The summed E-state index contributed by atoms with van der Waals surface area (Å²) in [6, 6.07) is 14.3. The summed E-state index contributed by atoms with van der Waals surface area (Å²) < 4.78 is 11.6. The predicted octanol–water partition coefficient (Wildman–Crippen LogP) is 6.36. The smallest absolute Gasteiger partial charge is 0.328 e. The van der Waals surface area contributed by atoms with E-state index in [-0.39, 0.29) is 23.8 Å². The van der Waals surface area contributed by atoms with E-state index in [0.717, 1.165) is 85.5 Å². The van der Waals surface area contributed by atoms with Gasteiger partial charge >= 0.3 is 11.9 Å². The third-order valence-corrected chi connectivity index (χ3v) is 9.43. The highest BCUT2D eigenvalue weighted by atomic mass is 35.5. The zero-order chi connectivity index (χ0) is 26.8. The van der Waals surface area contributed by atoms with Gasteiger partial charge in [0.15, 0.2) is 0 Å². The average Bonchev–Trinajstić information content (AvgIpc) is 2.92. The zero-order valence-corrected chi connectivity index (χ0v) is 23.9. The Bertz CT molecular complexity index is 1200. The molecule has 2 aromatic rings. The summed E-state index contributed by atoms with van der Waals surface area (Å²) in [5.41, 5.74) is 4.36. The number of carboxylic acid groups (broad SMARTS) is 1. The van der Waals surface area contributed by atoms with Crippen molar-refractivity contribution in [1.82, 2.24) is 4.90 Å². The fourth-order valence-electron chi connectivity index (χ4n) is 8.05. The summed E-state index contributed by atoms with van der Waals surface area (Å²) >= 11 is 0. The summed E-state index contributed by atoms with van der Waals surface area (Å²) in [6.07, 6.45) is 11.7. The maximum absolute atomic E-state index is 13.0. The standard InChI is InChI=1S/C33H39NO5.ClH/c35-31(36)10-5-23-3-6-27(7-4-23)28-8-9-30(39-32(37)2-1-11-34-12-14-38-15-13-34)29(19-28)33-20-24-16-25(21-33)18-26(17-24)22-33;/h3-10,19,24-26H,1-2,11-18,20-22H2,(H,35,36);1H/b10-5+;. The topological polar surface area (TPSA) is 76.1 Å². The van der Waals surface area contributed by atoms with Gasteiger partial charge in [0, 0.05) is 31.1 Å². The van der Waals surface area contributed by atoms with E-state index in [1.165, 1.54) is 44.1 Å². The molecule has 1 heterocycles. The molecule has 1 N–H and O–H groups in total. The minimum atomic E-state index is -0.953. The molecular weight excluding hydrogens is 526 g/mol. The lowest BCUT2D eigenvalue weighted by atomic mass is 9.48. The van der Waals surface area contributed by atoms with Crippen molar-refractivity contribution in [2.45, 2.75) is 56.8 Å². The van der Waals surface area contributed by atoms with E-state index in [9.17, 15) is 9.59 Å². The molecule has 1 aliphatic heterocycles. The van der Waals surface area contributed by atoms with E-state index >= 15 is 0 Å². The number of hydrogen-bond acceptors (Lipinski definition) is 5. The predicted molar refractivity (Wildman–Crippen MR) is 158 cm³/mol. The van der Waals surface area contributed by atoms with Gasteiger partial charge in [0.1, 0.15) is 5.75 Å². The van der Waals surface area contributed by atoms with Gasteiger partial charge < -0.3 is 14.6 Å². The van der Waals surface area contributed by atoms with E-state index < -0.39 is 5.97 Å². The molecule has 7 rings (SSSR count).